The van der Waals surface area contributed by atoms with Crippen LogP contribution in [0.5, 0.6) is 0 Å². The van der Waals surface area contributed by atoms with Crippen molar-refractivity contribution >= 4 is 64.3 Å². The van der Waals surface area contributed by atoms with Crippen molar-refractivity contribution in [3.8, 4) is 0 Å². The van der Waals surface area contributed by atoms with E-state index >= 15 is 0 Å². The lowest BCUT2D eigenvalue weighted by atomic mass is 10.0. The van der Waals surface area contributed by atoms with Crippen molar-refractivity contribution in [1.82, 2.24) is 36.9 Å². The van der Waals surface area contributed by atoms with E-state index < -0.39 is 103 Å². The Labute approximate surface area is 341 Å². The maximum Gasteiger partial charge on any atom is 0.326 e. The first kappa shape index (κ1) is 48.9. The van der Waals surface area contributed by atoms with Crippen molar-refractivity contribution < 1.29 is 53.7 Å². The molecule has 0 radical (unpaired) electrons. The van der Waals surface area contributed by atoms with Crippen LogP contribution in [0.15, 0.2) is 30.5 Å². The highest BCUT2D eigenvalue weighted by atomic mass is 16.4. The van der Waals surface area contributed by atoms with E-state index in [1.807, 2.05) is 6.07 Å². The molecule has 21 heteroatoms. The van der Waals surface area contributed by atoms with Crippen LogP contribution in [0.2, 0.25) is 0 Å². The van der Waals surface area contributed by atoms with Gasteiger partial charge >= 0.3 is 17.9 Å². The molecule has 1 aromatic carbocycles. The number of carbonyl (C=O) groups is 8. The summed E-state index contributed by atoms with van der Waals surface area (Å²) in [7, 11) is 0. The molecule has 2 aromatic rings. The van der Waals surface area contributed by atoms with Gasteiger partial charge in [0.15, 0.2) is 5.96 Å². The Morgan fingerprint density at radius 2 is 1.20 bits per heavy atom. The fraction of sp³-hybridized carbons (Fsp3) is 0.553. The third kappa shape index (κ3) is 17.4. The van der Waals surface area contributed by atoms with Gasteiger partial charge in [0, 0.05) is 36.5 Å². The zero-order chi connectivity index (χ0) is 44.4. The summed E-state index contributed by atoms with van der Waals surface area (Å²) in [5, 5.41) is 51.6. The van der Waals surface area contributed by atoms with E-state index in [1.165, 1.54) is 0 Å². The Kier molecular flexibility index (Phi) is 19.8. The van der Waals surface area contributed by atoms with Gasteiger partial charge in [-0.15, -0.1) is 0 Å². The van der Waals surface area contributed by atoms with Crippen molar-refractivity contribution in [2.75, 3.05) is 6.54 Å². The fourth-order valence-corrected chi connectivity index (χ4v) is 6.11. The van der Waals surface area contributed by atoms with Gasteiger partial charge in [-0.05, 0) is 55.6 Å². The number of hydrogen-bond donors (Lipinski definition) is 13. The second-order valence-electron chi connectivity index (χ2n) is 15.1. The molecule has 21 nitrogen and oxygen atoms in total. The Hall–Kier alpha value is -6.25. The summed E-state index contributed by atoms with van der Waals surface area (Å²) in [4.78, 5) is 106. The maximum absolute atomic E-state index is 14.1. The number of H-pyrrole nitrogens is 1. The minimum Gasteiger partial charge on any atom is -0.481 e. The molecule has 0 aliphatic heterocycles. The molecule has 0 fully saturated rings. The Morgan fingerprint density at radius 1 is 0.695 bits per heavy atom. The Morgan fingerprint density at radius 3 is 1.76 bits per heavy atom. The van der Waals surface area contributed by atoms with Gasteiger partial charge in [0.1, 0.15) is 30.2 Å². The van der Waals surface area contributed by atoms with Crippen LogP contribution in [0.1, 0.15) is 78.2 Å². The van der Waals surface area contributed by atoms with Gasteiger partial charge in [-0.2, -0.15) is 0 Å². The molecule has 0 unspecified atom stereocenters. The first-order valence-corrected chi connectivity index (χ1v) is 19.2. The first-order chi connectivity index (χ1) is 27.7. The molecular weight excluding hydrogens is 772 g/mol. The summed E-state index contributed by atoms with van der Waals surface area (Å²) < 4.78 is 0. The molecule has 0 saturated carbocycles. The summed E-state index contributed by atoms with van der Waals surface area (Å²) in [6.45, 7) is 7.13. The van der Waals surface area contributed by atoms with Crippen LogP contribution < -0.4 is 43.4 Å². The summed E-state index contributed by atoms with van der Waals surface area (Å²) in [5.74, 6) is -9.13. The molecule has 0 aliphatic rings. The summed E-state index contributed by atoms with van der Waals surface area (Å²) in [5.41, 5.74) is 12.4. The van der Waals surface area contributed by atoms with E-state index in [9.17, 15) is 48.6 Å². The second kappa shape index (κ2) is 23.9. The molecule has 6 atom stereocenters. The van der Waals surface area contributed by atoms with Crippen LogP contribution in [0, 0.1) is 17.2 Å². The molecule has 0 bridgehead atoms. The number of benzene rings is 1. The third-order valence-electron chi connectivity index (χ3n) is 9.02. The SMILES string of the molecule is CC(C)C[C@H](NC(=O)[C@H](Cc1c[nH]c2ccccc12)NC(=O)[C@H](CCCNC(=N)N)NC(=O)[C@H](CCC(=O)O)NC(=O)[C@H](CC(C)C)NC(=O)[C@@H](N)CC(=O)O)C(=O)O. The Bertz CT molecular complexity index is 1810. The lowest BCUT2D eigenvalue weighted by Gasteiger charge is -2.27. The monoisotopic (exact) mass is 830 g/mol. The first-order valence-electron chi connectivity index (χ1n) is 19.2. The number of nitrogens with one attached hydrogen (secondary N) is 8. The number of carboxylic acids is 3. The van der Waals surface area contributed by atoms with Crippen LogP contribution in [0.3, 0.4) is 0 Å². The van der Waals surface area contributed by atoms with E-state index in [0.29, 0.717) is 5.56 Å². The minimum atomic E-state index is -1.57. The molecule has 1 aromatic heterocycles. The highest BCUT2D eigenvalue weighted by molar-refractivity contribution is 5.97. The average molecular weight is 831 g/mol. The van der Waals surface area contributed by atoms with Gasteiger partial charge in [-0.3, -0.25) is 39.0 Å². The highest BCUT2D eigenvalue weighted by Gasteiger charge is 2.34. The van der Waals surface area contributed by atoms with E-state index in [2.05, 4.69) is 36.9 Å². The number of fused-ring (bicyclic) bond motifs is 1. The number of guanidine groups is 1. The number of hydrogen-bond acceptors (Lipinski definition) is 10. The van der Waals surface area contributed by atoms with E-state index in [0.717, 1.165) is 10.9 Å². The van der Waals surface area contributed by atoms with Crippen LogP contribution in [-0.4, -0.2) is 117 Å². The molecular formula is C38H58N10O11. The smallest absolute Gasteiger partial charge is 0.326 e. The summed E-state index contributed by atoms with van der Waals surface area (Å²) in [6, 6.07) is -1.25. The zero-order valence-electron chi connectivity index (χ0n) is 33.6. The van der Waals surface area contributed by atoms with Gasteiger partial charge in [-0.1, -0.05) is 45.9 Å². The number of aromatic nitrogens is 1. The molecule has 0 aliphatic carbocycles. The zero-order valence-corrected chi connectivity index (χ0v) is 33.6. The van der Waals surface area contributed by atoms with E-state index in [4.69, 9.17) is 22.0 Å². The predicted molar refractivity (Wildman–Crippen MR) is 214 cm³/mol. The maximum atomic E-state index is 14.1. The second-order valence-corrected chi connectivity index (χ2v) is 15.1. The van der Waals surface area contributed by atoms with Crippen molar-refractivity contribution in [2.45, 2.75) is 115 Å². The van der Waals surface area contributed by atoms with Crippen LogP contribution >= 0.6 is 0 Å². The molecule has 1 heterocycles. The van der Waals surface area contributed by atoms with Gasteiger partial charge in [0.25, 0.3) is 0 Å². The van der Waals surface area contributed by atoms with Gasteiger partial charge < -0.3 is 63.7 Å². The molecule has 59 heavy (non-hydrogen) atoms. The number of nitrogens with two attached hydrogens (primary N) is 2. The molecule has 0 spiro atoms. The van der Waals surface area contributed by atoms with Crippen molar-refractivity contribution in [3.05, 3.63) is 36.0 Å². The lowest BCUT2D eigenvalue weighted by Crippen LogP contribution is -2.59. The normalized spacial score (nSPS) is 14.2. The number of aromatic amines is 1. The number of carboxylic acid groups (broad SMARTS) is 3. The van der Waals surface area contributed by atoms with Crippen molar-refractivity contribution in [1.29, 1.82) is 5.41 Å². The molecule has 15 N–H and O–H groups in total. The molecule has 2 rings (SSSR count). The topological polar surface area (TPSA) is 361 Å². The van der Waals surface area contributed by atoms with Crippen molar-refractivity contribution in [2.24, 2.45) is 23.3 Å². The largest absolute Gasteiger partial charge is 0.481 e. The van der Waals surface area contributed by atoms with Crippen LogP contribution in [0.25, 0.3) is 10.9 Å². The number of para-hydroxylation sites is 1. The highest BCUT2D eigenvalue weighted by Crippen LogP contribution is 2.20. The van der Waals surface area contributed by atoms with E-state index in [-0.39, 0.29) is 56.4 Å². The van der Waals surface area contributed by atoms with Gasteiger partial charge in [0.05, 0.1) is 12.5 Å². The number of aliphatic carboxylic acids is 3. The molecule has 326 valence electrons. The lowest BCUT2D eigenvalue weighted by molar-refractivity contribution is -0.143. The van der Waals surface area contributed by atoms with Gasteiger partial charge in [-0.25, -0.2) is 4.79 Å². The standard InChI is InChI=1S/C38H58N10O11/c1-19(2)14-27(46-32(53)23(39)17-31(51)52)35(56)45-26(11-12-30(49)50)34(55)44-25(10-7-13-42-38(40)41)33(54)47-28(36(57)48-29(37(58)59)15-20(3)4)16-21-18-43-24-9-6-5-8-22(21)24/h5-6,8-9,18-20,23,25-29,43H,7,10-17,39H2,1-4H3,(H,44,55)(H,45,56)(H,46,53)(H,47,54)(H,48,57)(H,49,50)(H,51,52)(H,58,59)(H4,40,41,42)/t23-,25-,26-,27-,28-,29-/m0/s1. The summed E-state index contributed by atoms with van der Waals surface area (Å²) >= 11 is 0. The Balaban J connectivity index is 2.47. The minimum absolute atomic E-state index is 0.0264. The van der Waals surface area contributed by atoms with Crippen LogP contribution in [-0.2, 0) is 44.8 Å². The van der Waals surface area contributed by atoms with Gasteiger partial charge in [0.2, 0.25) is 29.5 Å². The summed E-state index contributed by atoms with van der Waals surface area (Å²) in [6.07, 6.45) is -0.0809. The van der Waals surface area contributed by atoms with Crippen LogP contribution in [0.4, 0.5) is 0 Å². The number of carbonyl (C=O) groups excluding carboxylic acids is 5. The molecule has 5 amide bonds. The average Bonchev–Trinajstić information content (AvgIpc) is 3.54. The van der Waals surface area contributed by atoms with E-state index in [1.54, 1.807) is 52.1 Å². The number of rotatable bonds is 26. The quantitative estimate of drug-likeness (QED) is 0.0315. The number of amides is 5. The van der Waals surface area contributed by atoms with Crippen molar-refractivity contribution in [3.63, 3.8) is 0 Å². The predicted octanol–water partition coefficient (Wildman–Crippen LogP) is -0.759. The third-order valence-corrected chi connectivity index (χ3v) is 9.02. The molecule has 0 saturated heterocycles. The fourth-order valence-electron chi connectivity index (χ4n) is 6.11.